The van der Waals surface area contributed by atoms with Crippen molar-refractivity contribution in [2.75, 3.05) is 6.61 Å². The fraction of sp³-hybridized carbons (Fsp3) is 0.556. The molecule has 150 valence electrons. The van der Waals surface area contributed by atoms with Crippen LogP contribution >= 0.6 is 11.6 Å². The molecule has 0 heterocycles. The topological polar surface area (TPSA) is 102 Å². The average molecular weight is 417 g/mol. The minimum Gasteiger partial charge on any atom is -0.454 e. The zero-order valence-electron chi connectivity index (χ0n) is 15.4. The number of benzene rings is 1. The lowest BCUT2D eigenvalue weighted by atomic mass is 9.86. The Labute approximate surface area is 164 Å². The van der Waals surface area contributed by atoms with Gasteiger partial charge in [-0.2, -0.15) is 4.72 Å². The van der Waals surface area contributed by atoms with Gasteiger partial charge in [-0.05, 0) is 43.9 Å². The van der Waals surface area contributed by atoms with Crippen molar-refractivity contribution in [2.24, 2.45) is 5.92 Å². The van der Waals surface area contributed by atoms with Gasteiger partial charge in [0.15, 0.2) is 6.61 Å². The van der Waals surface area contributed by atoms with E-state index in [-0.39, 0.29) is 21.9 Å². The lowest BCUT2D eigenvalue weighted by molar-refractivity contribution is -0.150. The highest BCUT2D eigenvalue weighted by molar-refractivity contribution is 7.89. The number of nitrogens with one attached hydrogen (secondary N) is 2. The molecule has 7 nitrogen and oxygen atoms in total. The molecule has 2 rings (SSSR count). The summed E-state index contributed by atoms with van der Waals surface area (Å²) >= 11 is 5.80. The van der Waals surface area contributed by atoms with Crippen LogP contribution in [0, 0.1) is 5.92 Å². The maximum atomic E-state index is 12.3. The van der Waals surface area contributed by atoms with Crippen molar-refractivity contribution >= 4 is 33.5 Å². The second kappa shape index (κ2) is 9.52. The van der Waals surface area contributed by atoms with Gasteiger partial charge >= 0.3 is 5.97 Å². The van der Waals surface area contributed by atoms with Gasteiger partial charge in [-0.1, -0.05) is 37.4 Å². The predicted molar refractivity (Wildman–Crippen MR) is 102 cm³/mol. The molecule has 1 saturated carbocycles. The third-order valence-electron chi connectivity index (χ3n) is 4.60. The Morgan fingerprint density at radius 1 is 1.30 bits per heavy atom. The highest BCUT2D eigenvalue weighted by atomic mass is 35.5. The van der Waals surface area contributed by atoms with E-state index in [0.717, 1.165) is 25.7 Å². The number of rotatable bonds is 7. The quantitative estimate of drug-likeness (QED) is 0.664. The summed E-state index contributed by atoms with van der Waals surface area (Å²) in [6.07, 6.45) is 4.20. The second-order valence-electron chi connectivity index (χ2n) is 6.84. The number of hydrogen-bond acceptors (Lipinski definition) is 5. The van der Waals surface area contributed by atoms with Gasteiger partial charge in [0.2, 0.25) is 10.0 Å². The van der Waals surface area contributed by atoms with E-state index in [9.17, 15) is 18.0 Å². The number of carbonyl (C=O) groups excluding carboxylic acids is 2. The molecule has 1 aliphatic carbocycles. The highest BCUT2D eigenvalue weighted by Gasteiger charge is 2.26. The molecule has 0 saturated heterocycles. The van der Waals surface area contributed by atoms with Crippen molar-refractivity contribution in [3.63, 3.8) is 0 Å². The molecule has 0 aromatic heterocycles. The van der Waals surface area contributed by atoms with E-state index >= 15 is 0 Å². The van der Waals surface area contributed by atoms with Crippen LogP contribution in [0.25, 0.3) is 0 Å². The van der Waals surface area contributed by atoms with Crippen molar-refractivity contribution in [1.29, 1.82) is 0 Å². The minimum atomic E-state index is -3.93. The van der Waals surface area contributed by atoms with Gasteiger partial charge in [0, 0.05) is 11.1 Å². The molecule has 1 amide bonds. The van der Waals surface area contributed by atoms with Gasteiger partial charge in [0.05, 0.1) is 4.90 Å². The molecular formula is C18H25ClN2O5S. The molecule has 0 spiro atoms. The van der Waals surface area contributed by atoms with Gasteiger partial charge in [-0.25, -0.2) is 8.42 Å². The first kappa shape index (κ1) is 21.7. The normalized spacial score (nSPS) is 21.3. The van der Waals surface area contributed by atoms with Gasteiger partial charge in [-0.15, -0.1) is 0 Å². The smallest absolute Gasteiger partial charge is 0.324 e. The van der Waals surface area contributed by atoms with Crippen molar-refractivity contribution in [3.8, 4) is 0 Å². The molecule has 1 aromatic rings. The Kier molecular flexibility index (Phi) is 7.64. The molecule has 9 heteroatoms. The lowest BCUT2D eigenvalue weighted by Gasteiger charge is -2.29. The summed E-state index contributed by atoms with van der Waals surface area (Å²) in [6.45, 7) is 3.00. The van der Waals surface area contributed by atoms with Gasteiger partial charge < -0.3 is 10.1 Å². The van der Waals surface area contributed by atoms with Crippen LogP contribution in [0.4, 0.5) is 0 Å². The maximum Gasteiger partial charge on any atom is 0.324 e. The summed E-state index contributed by atoms with van der Waals surface area (Å²) in [5, 5.41) is 3.14. The Bertz CT molecular complexity index is 784. The molecule has 2 N–H and O–H groups in total. The summed E-state index contributed by atoms with van der Waals surface area (Å²) in [5.41, 5.74) is 0. The van der Waals surface area contributed by atoms with E-state index in [0.29, 0.717) is 5.92 Å². The molecular weight excluding hydrogens is 392 g/mol. The third kappa shape index (κ3) is 6.48. The number of amides is 1. The SMILES string of the molecule is C[C@H](NS(=O)(=O)c1cccc(Cl)c1)C(=O)OCC(=O)N[C@@H]1CCCC[C@@H]1C. The Balaban J connectivity index is 1.83. The monoisotopic (exact) mass is 416 g/mol. The first-order chi connectivity index (χ1) is 12.7. The van der Waals surface area contributed by atoms with Gasteiger partial charge in [0.25, 0.3) is 5.91 Å². The van der Waals surface area contributed by atoms with E-state index < -0.39 is 28.6 Å². The molecule has 0 radical (unpaired) electrons. The molecule has 0 aliphatic heterocycles. The molecule has 27 heavy (non-hydrogen) atoms. The first-order valence-corrected chi connectivity index (χ1v) is 10.8. The number of sulfonamides is 1. The zero-order chi connectivity index (χ0) is 20.0. The Morgan fingerprint density at radius 3 is 2.67 bits per heavy atom. The number of esters is 1. The highest BCUT2D eigenvalue weighted by Crippen LogP contribution is 2.23. The number of hydrogen-bond donors (Lipinski definition) is 2. The maximum absolute atomic E-state index is 12.3. The molecule has 0 unspecified atom stereocenters. The fourth-order valence-electron chi connectivity index (χ4n) is 3.02. The van der Waals surface area contributed by atoms with E-state index in [1.165, 1.54) is 25.1 Å². The van der Waals surface area contributed by atoms with Crippen LogP contribution in [0.5, 0.6) is 0 Å². The number of ether oxygens (including phenoxy) is 1. The van der Waals surface area contributed by atoms with Crippen molar-refractivity contribution in [1.82, 2.24) is 10.0 Å². The standard InChI is InChI=1S/C18H25ClN2O5S/c1-12-6-3-4-9-16(12)20-17(22)11-26-18(23)13(2)21-27(24,25)15-8-5-7-14(19)10-15/h5,7-8,10,12-13,16,21H,3-4,6,9,11H2,1-2H3,(H,20,22)/t12-,13-,16+/m0/s1. The van der Waals surface area contributed by atoms with Gasteiger partial charge in [0.1, 0.15) is 6.04 Å². The average Bonchev–Trinajstić information content (AvgIpc) is 2.61. The number of halogens is 1. The number of carbonyl (C=O) groups is 2. The summed E-state index contributed by atoms with van der Waals surface area (Å²) in [5.74, 6) is -0.818. The second-order valence-corrected chi connectivity index (χ2v) is 8.99. The van der Waals surface area contributed by atoms with Crippen LogP contribution in [0.1, 0.15) is 39.5 Å². The molecule has 0 bridgehead atoms. The van der Waals surface area contributed by atoms with Crippen LogP contribution in [-0.2, 0) is 24.3 Å². The van der Waals surface area contributed by atoms with Crippen LogP contribution in [0.2, 0.25) is 5.02 Å². The van der Waals surface area contributed by atoms with Crippen LogP contribution in [-0.4, -0.2) is 39.0 Å². The van der Waals surface area contributed by atoms with E-state index in [2.05, 4.69) is 17.0 Å². The van der Waals surface area contributed by atoms with Gasteiger partial charge in [-0.3, -0.25) is 9.59 Å². The molecule has 3 atom stereocenters. The minimum absolute atomic E-state index is 0.0568. The summed E-state index contributed by atoms with van der Waals surface area (Å²) in [6, 6.07) is 4.63. The summed E-state index contributed by atoms with van der Waals surface area (Å²) in [7, 11) is -3.93. The van der Waals surface area contributed by atoms with E-state index in [1.54, 1.807) is 6.07 Å². The zero-order valence-corrected chi connectivity index (χ0v) is 17.0. The Morgan fingerprint density at radius 2 is 2.00 bits per heavy atom. The predicted octanol–water partition coefficient (Wildman–Crippen LogP) is 2.24. The summed E-state index contributed by atoms with van der Waals surface area (Å²) in [4.78, 5) is 24.0. The molecule has 1 aromatic carbocycles. The van der Waals surface area contributed by atoms with Crippen molar-refractivity contribution in [2.45, 2.75) is 56.5 Å². The summed E-state index contributed by atoms with van der Waals surface area (Å²) < 4.78 is 31.7. The van der Waals surface area contributed by atoms with E-state index in [1.807, 2.05) is 0 Å². The van der Waals surface area contributed by atoms with Crippen LogP contribution in [0.3, 0.4) is 0 Å². The van der Waals surface area contributed by atoms with Crippen LogP contribution in [0.15, 0.2) is 29.2 Å². The lowest BCUT2D eigenvalue weighted by Crippen LogP contribution is -2.44. The molecule has 1 aliphatic rings. The fourth-order valence-corrected chi connectivity index (χ4v) is 4.52. The third-order valence-corrected chi connectivity index (χ3v) is 6.37. The largest absolute Gasteiger partial charge is 0.454 e. The molecule has 1 fully saturated rings. The van der Waals surface area contributed by atoms with Crippen molar-refractivity contribution < 1.29 is 22.7 Å². The van der Waals surface area contributed by atoms with Crippen LogP contribution < -0.4 is 10.0 Å². The van der Waals surface area contributed by atoms with E-state index in [4.69, 9.17) is 16.3 Å². The first-order valence-electron chi connectivity index (χ1n) is 8.93. The van der Waals surface area contributed by atoms with Crippen molar-refractivity contribution in [3.05, 3.63) is 29.3 Å². The Hall–Kier alpha value is -1.64.